The Hall–Kier alpha value is -1.93. The molecule has 1 saturated heterocycles. The predicted octanol–water partition coefficient (Wildman–Crippen LogP) is 0.978. The molecule has 0 aliphatic carbocycles. The summed E-state index contributed by atoms with van der Waals surface area (Å²) < 4.78 is 28.9. The van der Waals surface area contributed by atoms with Crippen LogP contribution in [0.2, 0.25) is 0 Å². The smallest absolute Gasteiger partial charge is 0.148 e. The summed E-state index contributed by atoms with van der Waals surface area (Å²) in [5.74, 6) is -1.32. The molecule has 0 saturated carbocycles. The van der Waals surface area contributed by atoms with Gasteiger partial charge in [-0.05, 0) is 19.4 Å². The highest BCUT2D eigenvalue weighted by Gasteiger charge is 2.34. The van der Waals surface area contributed by atoms with Crippen molar-refractivity contribution in [2.45, 2.75) is 31.5 Å². The second kappa shape index (κ2) is 6.05. The van der Waals surface area contributed by atoms with E-state index in [0.29, 0.717) is 26.1 Å². The number of β-amino-alcohol motifs (C(OH)–C–C–N with tert-alkyl or cyclic N) is 1. The third kappa shape index (κ3) is 3.28. The summed E-state index contributed by atoms with van der Waals surface area (Å²) in [6.07, 6.45) is 6.60. The molecule has 1 fully saturated rings. The van der Waals surface area contributed by atoms with E-state index in [0.717, 1.165) is 18.8 Å². The lowest BCUT2D eigenvalue weighted by Crippen LogP contribution is -2.50. The Labute approximate surface area is 126 Å². The van der Waals surface area contributed by atoms with Crippen molar-refractivity contribution in [2.75, 3.05) is 13.1 Å². The van der Waals surface area contributed by atoms with Crippen molar-refractivity contribution in [3.8, 4) is 0 Å². The molecule has 8 heteroatoms. The number of nitrogens with zero attached hydrogens (tertiary/aromatic N) is 5. The molecule has 1 N–H and O–H groups in total. The molecule has 22 heavy (non-hydrogen) atoms. The normalized spacial score (nSPS) is 22.9. The van der Waals surface area contributed by atoms with Crippen LogP contribution in [0.15, 0.2) is 24.8 Å². The van der Waals surface area contributed by atoms with Crippen LogP contribution in [0.3, 0.4) is 0 Å². The van der Waals surface area contributed by atoms with Crippen LogP contribution < -0.4 is 0 Å². The number of rotatable bonds is 4. The van der Waals surface area contributed by atoms with Gasteiger partial charge in [0.25, 0.3) is 0 Å². The molecule has 3 heterocycles. The minimum atomic E-state index is -0.980. The van der Waals surface area contributed by atoms with Crippen molar-refractivity contribution < 1.29 is 13.9 Å². The maximum atomic E-state index is 13.7. The fraction of sp³-hybridized carbons (Fsp3) is 0.500. The van der Waals surface area contributed by atoms with E-state index >= 15 is 0 Å². The van der Waals surface area contributed by atoms with E-state index in [1.807, 2.05) is 4.90 Å². The number of pyridine rings is 1. The van der Waals surface area contributed by atoms with Crippen LogP contribution in [0.4, 0.5) is 8.78 Å². The van der Waals surface area contributed by atoms with Gasteiger partial charge in [0.2, 0.25) is 0 Å². The van der Waals surface area contributed by atoms with Crippen LogP contribution in [0.5, 0.6) is 0 Å². The molecular formula is C14H17F2N5O. The Morgan fingerprint density at radius 2 is 2.05 bits per heavy atom. The molecule has 3 rings (SSSR count). The van der Waals surface area contributed by atoms with E-state index < -0.39 is 17.2 Å². The lowest BCUT2D eigenvalue weighted by molar-refractivity contribution is -0.0483. The van der Waals surface area contributed by atoms with Crippen molar-refractivity contribution in [2.24, 2.45) is 0 Å². The van der Waals surface area contributed by atoms with Gasteiger partial charge in [0, 0.05) is 24.8 Å². The van der Waals surface area contributed by atoms with Gasteiger partial charge in [0.15, 0.2) is 0 Å². The summed E-state index contributed by atoms with van der Waals surface area (Å²) in [4.78, 5) is 5.33. The Bertz CT molecular complexity index is 616. The van der Waals surface area contributed by atoms with E-state index in [1.165, 1.54) is 0 Å². The van der Waals surface area contributed by atoms with E-state index in [-0.39, 0.29) is 12.1 Å². The second-order valence-corrected chi connectivity index (χ2v) is 5.72. The average Bonchev–Trinajstić information content (AvgIpc) is 2.95. The van der Waals surface area contributed by atoms with Crippen molar-refractivity contribution in [3.05, 3.63) is 42.0 Å². The first kappa shape index (κ1) is 15.0. The van der Waals surface area contributed by atoms with E-state index in [2.05, 4.69) is 15.3 Å². The Kier molecular flexibility index (Phi) is 4.12. The number of hydrogen-bond donors (Lipinski definition) is 1. The lowest BCUT2D eigenvalue weighted by atomic mass is 9.92. The molecule has 0 amide bonds. The van der Waals surface area contributed by atoms with Crippen LogP contribution in [-0.2, 0) is 13.1 Å². The summed E-state index contributed by atoms with van der Waals surface area (Å²) in [6, 6.07) is 0. The van der Waals surface area contributed by atoms with Gasteiger partial charge in [0.05, 0.1) is 30.7 Å². The first-order valence-electron chi connectivity index (χ1n) is 7.12. The van der Waals surface area contributed by atoms with Crippen molar-refractivity contribution in [1.82, 2.24) is 24.9 Å². The van der Waals surface area contributed by atoms with Gasteiger partial charge >= 0.3 is 0 Å². The molecule has 0 aromatic carbocycles. The zero-order valence-electron chi connectivity index (χ0n) is 12.0. The van der Waals surface area contributed by atoms with Gasteiger partial charge in [0.1, 0.15) is 11.6 Å². The average molecular weight is 309 g/mol. The lowest BCUT2D eigenvalue weighted by Gasteiger charge is -2.39. The topological polar surface area (TPSA) is 67.1 Å². The number of likely N-dealkylation sites (tertiary alicyclic amines) is 1. The molecule has 0 bridgehead atoms. The SMILES string of the molecule is OC1(Cn2ccnn2)CCCN(Cc2c(F)cncc2F)C1. The van der Waals surface area contributed by atoms with E-state index in [9.17, 15) is 13.9 Å². The van der Waals surface area contributed by atoms with Gasteiger partial charge < -0.3 is 5.11 Å². The van der Waals surface area contributed by atoms with Crippen LogP contribution in [0.1, 0.15) is 18.4 Å². The number of aromatic nitrogens is 4. The van der Waals surface area contributed by atoms with Gasteiger partial charge in [-0.3, -0.25) is 9.88 Å². The summed E-state index contributed by atoms with van der Waals surface area (Å²) in [7, 11) is 0. The highest BCUT2D eigenvalue weighted by Crippen LogP contribution is 2.25. The maximum Gasteiger partial charge on any atom is 0.148 e. The van der Waals surface area contributed by atoms with Crippen LogP contribution >= 0.6 is 0 Å². The largest absolute Gasteiger partial charge is 0.387 e. The molecule has 0 spiro atoms. The first-order valence-corrected chi connectivity index (χ1v) is 7.12. The number of aliphatic hydroxyl groups is 1. The fourth-order valence-electron chi connectivity index (χ4n) is 2.90. The molecule has 118 valence electrons. The van der Waals surface area contributed by atoms with Gasteiger partial charge in [-0.2, -0.15) is 0 Å². The summed E-state index contributed by atoms with van der Waals surface area (Å²) in [6.45, 7) is 1.43. The molecule has 0 radical (unpaired) electrons. The Balaban J connectivity index is 1.70. The van der Waals surface area contributed by atoms with Crippen molar-refractivity contribution >= 4 is 0 Å². The van der Waals surface area contributed by atoms with E-state index in [4.69, 9.17) is 0 Å². The number of hydrogen-bond acceptors (Lipinski definition) is 5. The molecule has 1 unspecified atom stereocenters. The zero-order chi connectivity index (χ0) is 15.6. The van der Waals surface area contributed by atoms with Crippen LogP contribution in [0.25, 0.3) is 0 Å². The third-order valence-corrected chi connectivity index (χ3v) is 3.90. The van der Waals surface area contributed by atoms with Crippen LogP contribution in [0, 0.1) is 11.6 Å². The molecule has 2 aromatic rings. The highest BCUT2D eigenvalue weighted by molar-refractivity contribution is 5.15. The Morgan fingerprint density at radius 3 is 2.73 bits per heavy atom. The van der Waals surface area contributed by atoms with Crippen molar-refractivity contribution in [1.29, 1.82) is 0 Å². The monoisotopic (exact) mass is 309 g/mol. The molecular weight excluding hydrogens is 292 g/mol. The quantitative estimate of drug-likeness (QED) is 0.912. The van der Waals surface area contributed by atoms with Gasteiger partial charge in [-0.15, -0.1) is 5.10 Å². The fourth-order valence-corrected chi connectivity index (χ4v) is 2.90. The summed E-state index contributed by atoms with van der Waals surface area (Å²) in [5.41, 5.74) is -0.994. The number of halogens is 2. The molecule has 6 nitrogen and oxygen atoms in total. The minimum Gasteiger partial charge on any atom is -0.387 e. The highest BCUT2D eigenvalue weighted by atomic mass is 19.1. The summed E-state index contributed by atoms with van der Waals surface area (Å²) >= 11 is 0. The maximum absolute atomic E-state index is 13.7. The molecule has 1 aliphatic rings. The first-order chi connectivity index (χ1) is 10.6. The molecule has 1 atom stereocenters. The number of piperidine rings is 1. The van der Waals surface area contributed by atoms with Crippen LogP contribution in [-0.4, -0.2) is 48.7 Å². The summed E-state index contributed by atoms with van der Waals surface area (Å²) in [5, 5.41) is 18.3. The second-order valence-electron chi connectivity index (χ2n) is 5.72. The van der Waals surface area contributed by atoms with Gasteiger partial charge in [-0.25, -0.2) is 13.5 Å². The van der Waals surface area contributed by atoms with Crippen molar-refractivity contribution in [3.63, 3.8) is 0 Å². The predicted molar refractivity (Wildman–Crippen MR) is 73.6 cm³/mol. The minimum absolute atomic E-state index is 0.0139. The molecule has 2 aromatic heterocycles. The van der Waals surface area contributed by atoms with E-state index in [1.54, 1.807) is 17.1 Å². The zero-order valence-corrected chi connectivity index (χ0v) is 12.0. The standard InChI is InChI=1S/C14H17F2N5O/c15-12-6-17-7-13(16)11(12)8-20-4-1-2-14(22,9-20)10-21-5-3-18-19-21/h3,5-7,22H,1-2,4,8-10H2. The third-order valence-electron chi connectivity index (χ3n) is 3.90. The van der Waals surface area contributed by atoms with Gasteiger partial charge in [-0.1, -0.05) is 5.21 Å². The Morgan fingerprint density at radius 1 is 1.27 bits per heavy atom. The molecule has 1 aliphatic heterocycles.